The number of aliphatic carboxylic acids is 1. The van der Waals surface area contributed by atoms with Crippen LogP contribution >= 0.6 is 12.6 Å². The Hall–Kier alpha value is -1.76. The smallest absolute Gasteiger partial charge is 0.306 e. The maximum atomic E-state index is 13.7. The molecule has 1 fully saturated rings. The van der Waals surface area contributed by atoms with Crippen LogP contribution in [0.1, 0.15) is 12.0 Å². The minimum atomic E-state index is -0.915. The number of benzene rings is 1. The van der Waals surface area contributed by atoms with Crippen LogP contribution in [0.4, 0.5) is 8.78 Å². The number of carbonyl (C=O) groups is 1. The molecule has 108 valence electrons. The lowest BCUT2D eigenvalue weighted by molar-refractivity contribution is -0.138. The Kier molecular flexibility index (Phi) is 4.17. The van der Waals surface area contributed by atoms with Gasteiger partial charge in [0.05, 0.1) is 12.5 Å². The summed E-state index contributed by atoms with van der Waals surface area (Å²) in [7, 11) is 0. The Balaban J connectivity index is 2.08. The zero-order valence-electron chi connectivity index (χ0n) is 10.3. The quantitative estimate of drug-likeness (QED) is 0.729. The molecule has 0 saturated heterocycles. The van der Waals surface area contributed by atoms with Crippen LogP contribution in [0.3, 0.4) is 0 Å². The minimum absolute atomic E-state index is 0.0258. The first-order valence-electron chi connectivity index (χ1n) is 5.89. The number of carboxylic acid groups (broad SMARTS) is 1. The van der Waals surface area contributed by atoms with Crippen LogP contribution in [0.5, 0.6) is 5.75 Å². The van der Waals surface area contributed by atoms with E-state index in [0.29, 0.717) is 6.42 Å². The molecule has 0 spiro atoms. The zero-order valence-corrected chi connectivity index (χ0v) is 11.2. The highest BCUT2D eigenvalue weighted by Gasteiger charge is 2.43. The molecule has 1 aromatic carbocycles. The SMILES string of the molecule is N/C(=C\S)c1cc(F)c(OCC2CC2C(=O)O)c(F)c1. The summed E-state index contributed by atoms with van der Waals surface area (Å²) < 4.78 is 32.5. The molecule has 1 aliphatic carbocycles. The minimum Gasteiger partial charge on any atom is -0.487 e. The van der Waals surface area contributed by atoms with Crippen LogP contribution in [0.25, 0.3) is 5.70 Å². The molecule has 4 nitrogen and oxygen atoms in total. The first-order chi connectivity index (χ1) is 9.43. The van der Waals surface area contributed by atoms with E-state index in [0.717, 1.165) is 12.1 Å². The first kappa shape index (κ1) is 14.6. The van der Waals surface area contributed by atoms with Crippen molar-refractivity contribution in [3.05, 3.63) is 34.7 Å². The van der Waals surface area contributed by atoms with Gasteiger partial charge in [-0.3, -0.25) is 4.79 Å². The zero-order chi connectivity index (χ0) is 14.9. The predicted octanol–water partition coefficient (Wildman–Crippen LogP) is 2.25. The van der Waals surface area contributed by atoms with Gasteiger partial charge in [0.1, 0.15) is 0 Å². The van der Waals surface area contributed by atoms with Gasteiger partial charge in [0.25, 0.3) is 0 Å². The molecule has 2 rings (SSSR count). The number of rotatable bonds is 5. The molecule has 1 aliphatic rings. The third-order valence-corrected chi connectivity index (χ3v) is 3.43. The highest BCUT2D eigenvalue weighted by atomic mass is 32.1. The standard InChI is InChI=1S/C13H13F2NO3S/c14-9-2-6(11(16)5-20)3-10(15)12(9)19-4-7-1-8(7)13(17)18/h2-3,5,7-8,20H,1,4,16H2,(H,17,18)/b11-5-. The van der Waals surface area contributed by atoms with Gasteiger partial charge < -0.3 is 15.6 Å². The Morgan fingerprint density at radius 2 is 2.10 bits per heavy atom. The molecule has 20 heavy (non-hydrogen) atoms. The molecule has 0 aliphatic heterocycles. The van der Waals surface area contributed by atoms with Crippen molar-refractivity contribution in [2.24, 2.45) is 17.6 Å². The second-order valence-corrected chi connectivity index (χ2v) is 4.86. The van der Waals surface area contributed by atoms with Crippen molar-refractivity contribution in [1.29, 1.82) is 0 Å². The van der Waals surface area contributed by atoms with Crippen LogP contribution in [-0.2, 0) is 4.79 Å². The molecule has 1 saturated carbocycles. The third-order valence-electron chi connectivity index (χ3n) is 3.15. The number of thiol groups is 1. The van der Waals surface area contributed by atoms with Gasteiger partial charge in [-0.25, -0.2) is 8.78 Å². The summed E-state index contributed by atoms with van der Waals surface area (Å²) in [5.41, 5.74) is 5.81. The average molecular weight is 301 g/mol. The second-order valence-electron chi connectivity index (χ2n) is 4.60. The molecule has 0 amide bonds. The molecule has 2 unspecified atom stereocenters. The molecule has 1 aromatic rings. The van der Waals surface area contributed by atoms with Gasteiger partial charge in [-0.05, 0) is 24.0 Å². The van der Waals surface area contributed by atoms with Crippen LogP contribution < -0.4 is 10.5 Å². The number of ether oxygens (including phenoxy) is 1. The van der Waals surface area contributed by atoms with Gasteiger partial charge in [0, 0.05) is 17.2 Å². The highest BCUT2D eigenvalue weighted by molar-refractivity contribution is 7.83. The molecule has 0 radical (unpaired) electrons. The first-order valence-corrected chi connectivity index (χ1v) is 6.40. The lowest BCUT2D eigenvalue weighted by Crippen LogP contribution is -2.08. The topological polar surface area (TPSA) is 72.5 Å². The van der Waals surface area contributed by atoms with Gasteiger partial charge in [0.2, 0.25) is 0 Å². The number of hydrogen-bond donors (Lipinski definition) is 3. The highest BCUT2D eigenvalue weighted by Crippen LogP contribution is 2.39. The number of carboxylic acids is 1. The normalized spacial score (nSPS) is 21.6. The maximum Gasteiger partial charge on any atom is 0.306 e. The lowest BCUT2D eigenvalue weighted by Gasteiger charge is -2.10. The molecule has 0 bridgehead atoms. The van der Waals surface area contributed by atoms with Crippen LogP contribution in [0.2, 0.25) is 0 Å². The summed E-state index contributed by atoms with van der Waals surface area (Å²) in [5.74, 6) is -3.88. The molecule has 2 atom stereocenters. The molecule has 7 heteroatoms. The number of hydrogen-bond acceptors (Lipinski definition) is 4. The average Bonchev–Trinajstić information content (AvgIpc) is 3.16. The molecular weight excluding hydrogens is 288 g/mol. The van der Waals surface area contributed by atoms with Crippen LogP contribution in [0, 0.1) is 23.5 Å². The maximum absolute atomic E-state index is 13.7. The van der Waals surface area contributed by atoms with Crippen molar-refractivity contribution in [2.75, 3.05) is 6.61 Å². The Morgan fingerprint density at radius 3 is 2.55 bits per heavy atom. The Morgan fingerprint density at radius 1 is 1.50 bits per heavy atom. The molecular formula is C13H13F2NO3S. The van der Waals surface area contributed by atoms with Crippen molar-refractivity contribution in [3.63, 3.8) is 0 Å². The molecule has 3 N–H and O–H groups in total. The van der Waals surface area contributed by atoms with E-state index in [4.69, 9.17) is 15.6 Å². The van der Waals surface area contributed by atoms with Gasteiger partial charge in [0.15, 0.2) is 17.4 Å². The summed E-state index contributed by atoms with van der Waals surface area (Å²) in [6.45, 7) is -0.0258. The summed E-state index contributed by atoms with van der Waals surface area (Å²) in [5, 5.41) is 9.96. The monoisotopic (exact) mass is 301 g/mol. The van der Waals surface area contributed by atoms with Gasteiger partial charge in [-0.15, -0.1) is 12.6 Å². The van der Waals surface area contributed by atoms with Gasteiger partial charge in [-0.1, -0.05) is 0 Å². The fraction of sp³-hybridized carbons (Fsp3) is 0.308. The fourth-order valence-corrected chi connectivity index (χ4v) is 2.01. The van der Waals surface area contributed by atoms with E-state index in [1.807, 2.05) is 0 Å². The van der Waals surface area contributed by atoms with E-state index in [1.54, 1.807) is 0 Å². The fourth-order valence-electron chi connectivity index (χ4n) is 1.86. The van der Waals surface area contributed by atoms with Crippen molar-refractivity contribution in [3.8, 4) is 5.75 Å². The van der Waals surface area contributed by atoms with E-state index in [1.165, 1.54) is 5.41 Å². The largest absolute Gasteiger partial charge is 0.487 e. The van der Waals surface area contributed by atoms with Crippen LogP contribution in [0.15, 0.2) is 17.5 Å². The molecule has 0 aromatic heterocycles. The van der Waals surface area contributed by atoms with E-state index in [9.17, 15) is 13.6 Å². The van der Waals surface area contributed by atoms with Gasteiger partial charge in [-0.2, -0.15) is 0 Å². The summed E-state index contributed by atoms with van der Waals surface area (Å²) in [6.07, 6.45) is 0.464. The third kappa shape index (κ3) is 3.04. The predicted molar refractivity (Wildman–Crippen MR) is 72.2 cm³/mol. The van der Waals surface area contributed by atoms with Crippen molar-refractivity contribution in [2.45, 2.75) is 6.42 Å². The Labute approximate surface area is 119 Å². The lowest BCUT2D eigenvalue weighted by atomic mass is 10.1. The van der Waals surface area contributed by atoms with Crippen LogP contribution in [-0.4, -0.2) is 17.7 Å². The van der Waals surface area contributed by atoms with Gasteiger partial charge >= 0.3 is 5.97 Å². The van der Waals surface area contributed by atoms with Crippen molar-refractivity contribution >= 4 is 24.3 Å². The van der Waals surface area contributed by atoms with E-state index in [-0.39, 0.29) is 23.8 Å². The second kappa shape index (κ2) is 5.70. The van der Waals surface area contributed by atoms with E-state index in [2.05, 4.69) is 12.6 Å². The molecule has 0 heterocycles. The summed E-state index contributed by atoms with van der Waals surface area (Å²) in [6, 6.07) is 2.09. The van der Waals surface area contributed by atoms with E-state index < -0.39 is 29.3 Å². The van der Waals surface area contributed by atoms with Crippen molar-refractivity contribution < 1.29 is 23.4 Å². The Bertz CT molecular complexity index is 554. The number of nitrogens with two attached hydrogens (primary N) is 1. The summed E-state index contributed by atoms with van der Waals surface area (Å²) >= 11 is 3.81. The number of halogens is 2. The van der Waals surface area contributed by atoms with Crippen molar-refractivity contribution in [1.82, 2.24) is 0 Å². The van der Waals surface area contributed by atoms with E-state index >= 15 is 0 Å². The summed E-state index contributed by atoms with van der Waals surface area (Å²) in [4.78, 5) is 10.6.